The van der Waals surface area contributed by atoms with Crippen molar-refractivity contribution in [3.63, 3.8) is 0 Å². The molecule has 1 aromatic heterocycles. The molecule has 0 saturated carbocycles. The van der Waals surface area contributed by atoms with Crippen LogP contribution >= 0.6 is 12.6 Å². The lowest BCUT2D eigenvalue weighted by Crippen LogP contribution is -2.27. The van der Waals surface area contributed by atoms with Crippen molar-refractivity contribution in [2.45, 2.75) is 18.0 Å². The van der Waals surface area contributed by atoms with E-state index in [1.165, 1.54) is 0 Å². The van der Waals surface area contributed by atoms with Gasteiger partial charge in [0.25, 0.3) is 0 Å². The first kappa shape index (κ1) is 11.1. The molecule has 6 heteroatoms. The maximum atomic E-state index is 11.0. The first-order valence-electron chi connectivity index (χ1n) is 4.42. The molecule has 0 aliphatic rings. The minimum Gasteiger partial charge on any atom is -0.356 e. The second-order valence-corrected chi connectivity index (χ2v) is 3.29. The van der Waals surface area contributed by atoms with Crippen LogP contribution in [0.3, 0.4) is 0 Å². The number of aromatic amines is 1. The third-order valence-electron chi connectivity index (χ3n) is 1.70. The lowest BCUT2D eigenvalue weighted by atomic mass is 10.3. The molecule has 1 aromatic rings. The molecular weight excluding hydrogens is 200 g/mol. The topological polar surface area (TPSA) is 83.8 Å². The predicted molar refractivity (Wildman–Crippen MR) is 56.2 cm³/mol. The molecular formula is C8H14N4OS. The number of carbonyl (C=O) groups excluding carboxylic acids is 1. The Morgan fingerprint density at radius 1 is 1.71 bits per heavy atom. The van der Waals surface area contributed by atoms with Crippen LogP contribution in [0.1, 0.15) is 12.1 Å². The summed E-state index contributed by atoms with van der Waals surface area (Å²) in [5, 5.41) is 3.34. The first-order valence-corrected chi connectivity index (χ1v) is 4.86. The molecule has 0 bridgehead atoms. The number of nitrogens with one attached hydrogen (secondary N) is 2. The third kappa shape index (κ3) is 3.80. The number of hydrogen-bond acceptors (Lipinski definition) is 4. The van der Waals surface area contributed by atoms with Gasteiger partial charge in [0.15, 0.2) is 5.16 Å². The van der Waals surface area contributed by atoms with Crippen LogP contribution in [0.4, 0.5) is 0 Å². The number of nitrogens with zero attached hydrogens (tertiary/aromatic N) is 1. The van der Waals surface area contributed by atoms with Gasteiger partial charge < -0.3 is 16.0 Å². The molecule has 1 amide bonds. The van der Waals surface area contributed by atoms with Crippen LogP contribution in [0.15, 0.2) is 11.4 Å². The molecule has 0 aromatic carbocycles. The zero-order chi connectivity index (χ0) is 10.4. The third-order valence-corrected chi connectivity index (χ3v) is 1.93. The van der Waals surface area contributed by atoms with Crippen molar-refractivity contribution in [2.75, 3.05) is 13.1 Å². The SMILES string of the molecule is NCCC(=O)NCCc1cnc(S)[nH]1. The van der Waals surface area contributed by atoms with E-state index >= 15 is 0 Å². The van der Waals surface area contributed by atoms with Gasteiger partial charge in [-0.3, -0.25) is 4.79 Å². The normalized spacial score (nSPS) is 10.1. The highest BCUT2D eigenvalue weighted by atomic mass is 32.1. The summed E-state index contributed by atoms with van der Waals surface area (Å²) in [6, 6.07) is 0. The van der Waals surface area contributed by atoms with Crippen LogP contribution in [-0.4, -0.2) is 29.0 Å². The van der Waals surface area contributed by atoms with Crippen molar-refractivity contribution in [3.05, 3.63) is 11.9 Å². The van der Waals surface area contributed by atoms with Gasteiger partial charge in [0.2, 0.25) is 5.91 Å². The van der Waals surface area contributed by atoms with E-state index in [0.717, 1.165) is 12.1 Å². The molecule has 0 atom stereocenters. The Kier molecular flexibility index (Phi) is 4.48. The van der Waals surface area contributed by atoms with Gasteiger partial charge in [-0.25, -0.2) is 4.98 Å². The summed E-state index contributed by atoms with van der Waals surface area (Å²) in [6.45, 7) is 0.977. The second-order valence-electron chi connectivity index (χ2n) is 2.87. The van der Waals surface area contributed by atoms with Gasteiger partial charge in [-0.1, -0.05) is 0 Å². The molecule has 1 heterocycles. The zero-order valence-electron chi connectivity index (χ0n) is 7.79. The first-order chi connectivity index (χ1) is 6.72. The highest BCUT2D eigenvalue weighted by Crippen LogP contribution is 2.00. The Balaban J connectivity index is 2.18. The number of rotatable bonds is 5. The number of imidazole rings is 1. The van der Waals surface area contributed by atoms with Gasteiger partial charge >= 0.3 is 0 Å². The largest absolute Gasteiger partial charge is 0.356 e. The summed E-state index contributed by atoms with van der Waals surface area (Å²) in [5.74, 6) is -0.0156. The number of thiol groups is 1. The van der Waals surface area contributed by atoms with Gasteiger partial charge in [0.05, 0.1) is 0 Å². The number of carbonyl (C=O) groups is 1. The Morgan fingerprint density at radius 3 is 3.07 bits per heavy atom. The van der Waals surface area contributed by atoms with Crippen molar-refractivity contribution < 1.29 is 4.79 Å². The molecule has 78 valence electrons. The number of H-pyrrole nitrogens is 1. The van der Waals surface area contributed by atoms with Crippen molar-refractivity contribution in [1.29, 1.82) is 0 Å². The van der Waals surface area contributed by atoms with Crippen LogP contribution in [0, 0.1) is 0 Å². The van der Waals surface area contributed by atoms with Gasteiger partial charge in [0.1, 0.15) is 0 Å². The fourth-order valence-corrected chi connectivity index (χ4v) is 1.23. The summed E-state index contributed by atoms with van der Waals surface area (Å²) in [7, 11) is 0. The van der Waals surface area contributed by atoms with Crippen LogP contribution in [-0.2, 0) is 11.2 Å². The standard InChI is InChI=1S/C8H14N4OS/c9-3-1-7(13)10-4-2-6-5-11-8(14)12-6/h5H,1-4,9H2,(H,10,13)(H2,11,12,14). The van der Waals surface area contributed by atoms with Crippen molar-refractivity contribution in [3.8, 4) is 0 Å². The molecule has 5 nitrogen and oxygen atoms in total. The molecule has 0 fully saturated rings. The Hall–Kier alpha value is -1.01. The quantitative estimate of drug-likeness (QED) is 0.508. The Morgan fingerprint density at radius 2 is 2.50 bits per heavy atom. The molecule has 0 unspecified atom stereocenters. The van der Waals surface area contributed by atoms with Gasteiger partial charge in [-0.05, 0) is 0 Å². The van der Waals surface area contributed by atoms with E-state index in [4.69, 9.17) is 5.73 Å². The highest BCUT2D eigenvalue weighted by molar-refractivity contribution is 7.80. The summed E-state index contributed by atoms with van der Waals surface area (Å²) in [5.41, 5.74) is 6.19. The van der Waals surface area contributed by atoms with Crippen LogP contribution < -0.4 is 11.1 Å². The van der Waals surface area contributed by atoms with Crippen LogP contribution in [0.5, 0.6) is 0 Å². The maximum Gasteiger partial charge on any atom is 0.221 e. The molecule has 1 rings (SSSR count). The van der Waals surface area contributed by atoms with E-state index in [1.807, 2.05) is 0 Å². The summed E-state index contributed by atoms with van der Waals surface area (Å²) < 4.78 is 0. The molecule has 14 heavy (non-hydrogen) atoms. The van der Waals surface area contributed by atoms with Gasteiger partial charge in [-0.2, -0.15) is 0 Å². The monoisotopic (exact) mass is 214 g/mol. The highest BCUT2D eigenvalue weighted by Gasteiger charge is 2.00. The number of amides is 1. The van der Waals surface area contributed by atoms with E-state index in [0.29, 0.717) is 24.7 Å². The molecule has 0 spiro atoms. The molecule has 4 N–H and O–H groups in total. The fraction of sp³-hybridized carbons (Fsp3) is 0.500. The van der Waals surface area contributed by atoms with E-state index in [-0.39, 0.29) is 5.91 Å². The summed E-state index contributed by atoms with van der Waals surface area (Å²) in [6.07, 6.45) is 2.81. The van der Waals surface area contributed by atoms with Crippen molar-refractivity contribution in [2.24, 2.45) is 5.73 Å². The number of hydrogen-bond donors (Lipinski definition) is 4. The van der Waals surface area contributed by atoms with E-state index in [1.54, 1.807) is 6.20 Å². The minimum atomic E-state index is -0.0156. The predicted octanol–water partition coefficient (Wildman–Crippen LogP) is -0.294. The van der Waals surface area contributed by atoms with E-state index in [9.17, 15) is 4.79 Å². The number of nitrogens with two attached hydrogens (primary N) is 1. The average Bonchev–Trinajstić information content (AvgIpc) is 2.52. The van der Waals surface area contributed by atoms with Crippen LogP contribution in [0.25, 0.3) is 0 Å². The van der Waals surface area contributed by atoms with Crippen molar-refractivity contribution in [1.82, 2.24) is 15.3 Å². The van der Waals surface area contributed by atoms with Crippen molar-refractivity contribution >= 4 is 18.5 Å². The minimum absolute atomic E-state index is 0.0156. The Bertz CT molecular complexity index is 299. The molecule has 0 radical (unpaired) electrons. The van der Waals surface area contributed by atoms with E-state index in [2.05, 4.69) is 27.9 Å². The van der Waals surface area contributed by atoms with E-state index < -0.39 is 0 Å². The molecule has 0 aliphatic heterocycles. The second kappa shape index (κ2) is 5.66. The number of aromatic nitrogens is 2. The average molecular weight is 214 g/mol. The van der Waals surface area contributed by atoms with Gasteiger partial charge in [-0.15, -0.1) is 12.6 Å². The van der Waals surface area contributed by atoms with Gasteiger partial charge in [0, 0.05) is 37.8 Å². The lowest BCUT2D eigenvalue weighted by molar-refractivity contribution is -0.120. The van der Waals surface area contributed by atoms with Crippen LogP contribution in [0.2, 0.25) is 0 Å². The maximum absolute atomic E-state index is 11.0. The lowest BCUT2D eigenvalue weighted by Gasteiger charge is -2.01. The summed E-state index contributed by atoms with van der Waals surface area (Å²) in [4.78, 5) is 17.9. The zero-order valence-corrected chi connectivity index (χ0v) is 8.68. The molecule has 0 aliphatic carbocycles. The smallest absolute Gasteiger partial charge is 0.221 e. The molecule has 0 saturated heterocycles. The summed E-state index contributed by atoms with van der Waals surface area (Å²) >= 11 is 4.03. The Labute approximate surface area is 87.9 Å². The fourth-order valence-electron chi connectivity index (χ4n) is 1.03.